The van der Waals surface area contributed by atoms with Crippen molar-refractivity contribution in [3.63, 3.8) is 0 Å². The zero-order valence-corrected chi connectivity index (χ0v) is 13.9. The monoisotopic (exact) mass is 333 g/mol. The van der Waals surface area contributed by atoms with Gasteiger partial charge in [-0.1, -0.05) is 12.1 Å². The van der Waals surface area contributed by atoms with Gasteiger partial charge in [-0.25, -0.2) is 4.39 Å². The number of carbonyl (C=O) groups excluding carboxylic acids is 1. The Morgan fingerprint density at radius 2 is 1.71 bits per heavy atom. The third-order valence-corrected chi connectivity index (χ3v) is 3.51. The molecule has 2 aromatic carbocycles. The first-order chi connectivity index (χ1) is 11.6. The minimum atomic E-state index is -0.314. The van der Waals surface area contributed by atoms with E-state index in [2.05, 4.69) is 5.32 Å². The fraction of sp³-hybridized carbons (Fsp3) is 0.278. The average molecular weight is 333 g/mol. The van der Waals surface area contributed by atoms with E-state index in [1.54, 1.807) is 24.3 Å². The molecule has 0 saturated carbocycles. The molecule has 1 N–H and O–H groups in total. The Morgan fingerprint density at radius 3 is 2.25 bits per heavy atom. The fourth-order valence-electron chi connectivity index (χ4n) is 2.28. The summed E-state index contributed by atoms with van der Waals surface area (Å²) in [7, 11) is 4.53. The van der Waals surface area contributed by atoms with Crippen LogP contribution in [-0.2, 0) is 11.2 Å². The molecule has 0 saturated heterocycles. The molecule has 0 heterocycles. The molecule has 1 amide bonds. The van der Waals surface area contributed by atoms with E-state index >= 15 is 0 Å². The molecule has 0 aliphatic carbocycles. The lowest BCUT2D eigenvalue weighted by Crippen LogP contribution is -2.14. The first-order valence-corrected chi connectivity index (χ1v) is 7.41. The van der Waals surface area contributed by atoms with Gasteiger partial charge >= 0.3 is 0 Å². The molecule has 6 heteroatoms. The van der Waals surface area contributed by atoms with Gasteiger partial charge in [-0.05, 0) is 24.1 Å². The molecule has 0 fully saturated rings. The lowest BCUT2D eigenvalue weighted by Gasteiger charge is -2.15. The van der Waals surface area contributed by atoms with Crippen LogP contribution in [0.3, 0.4) is 0 Å². The highest BCUT2D eigenvalue weighted by Crippen LogP contribution is 2.38. The summed E-state index contributed by atoms with van der Waals surface area (Å²) in [5, 5.41) is 2.78. The summed E-state index contributed by atoms with van der Waals surface area (Å²) in [6.07, 6.45) is 0.645. The number of nitrogens with one attached hydrogen (secondary N) is 1. The molecule has 0 aliphatic rings. The van der Waals surface area contributed by atoms with Crippen molar-refractivity contribution in [2.24, 2.45) is 0 Å². The van der Waals surface area contributed by atoms with Crippen molar-refractivity contribution in [2.75, 3.05) is 26.6 Å². The van der Waals surface area contributed by atoms with Gasteiger partial charge in [0.1, 0.15) is 28.8 Å². The lowest BCUT2D eigenvalue weighted by atomic mass is 10.1. The van der Waals surface area contributed by atoms with Crippen molar-refractivity contribution in [3.8, 4) is 17.2 Å². The topological polar surface area (TPSA) is 56.8 Å². The Labute approximate surface area is 140 Å². The number of rotatable bonds is 7. The van der Waals surface area contributed by atoms with Crippen LogP contribution < -0.4 is 19.5 Å². The number of carbonyl (C=O) groups is 1. The Kier molecular flexibility index (Phi) is 6.01. The van der Waals surface area contributed by atoms with Crippen LogP contribution in [-0.4, -0.2) is 27.2 Å². The summed E-state index contributed by atoms with van der Waals surface area (Å²) >= 11 is 0. The maximum atomic E-state index is 13.2. The van der Waals surface area contributed by atoms with Gasteiger partial charge in [0, 0.05) is 18.6 Å². The predicted molar refractivity (Wildman–Crippen MR) is 89.4 cm³/mol. The third kappa shape index (κ3) is 4.38. The minimum Gasteiger partial charge on any atom is -0.496 e. The van der Waals surface area contributed by atoms with E-state index in [9.17, 15) is 9.18 Å². The summed E-state index contributed by atoms with van der Waals surface area (Å²) in [6.45, 7) is 0. The highest BCUT2D eigenvalue weighted by atomic mass is 19.1. The van der Waals surface area contributed by atoms with Gasteiger partial charge in [0.15, 0.2) is 0 Å². The maximum absolute atomic E-state index is 13.2. The number of anilines is 1. The Bertz CT molecular complexity index is 693. The maximum Gasteiger partial charge on any atom is 0.224 e. The molecular weight excluding hydrogens is 313 g/mol. The SMILES string of the molecule is COc1cc(OC)c(NC(=O)CCc2cccc(F)c2)c(OC)c1. The number of hydrogen-bond acceptors (Lipinski definition) is 4. The second-order valence-corrected chi connectivity index (χ2v) is 5.09. The van der Waals surface area contributed by atoms with Gasteiger partial charge in [-0.15, -0.1) is 0 Å². The van der Waals surface area contributed by atoms with E-state index in [1.165, 1.54) is 33.5 Å². The van der Waals surface area contributed by atoms with E-state index in [1.807, 2.05) is 0 Å². The molecule has 5 nitrogen and oxygen atoms in total. The Morgan fingerprint density at radius 1 is 1.04 bits per heavy atom. The third-order valence-electron chi connectivity index (χ3n) is 3.51. The van der Waals surface area contributed by atoms with Gasteiger partial charge < -0.3 is 19.5 Å². The molecule has 0 radical (unpaired) electrons. The molecule has 0 spiro atoms. The second kappa shape index (κ2) is 8.19. The Balaban J connectivity index is 2.10. The summed E-state index contributed by atoms with van der Waals surface area (Å²) in [6, 6.07) is 9.51. The summed E-state index contributed by atoms with van der Waals surface area (Å²) in [5.74, 6) is 0.893. The molecule has 2 rings (SSSR count). The first kappa shape index (κ1) is 17.6. The summed E-state index contributed by atoms with van der Waals surface area (Å²) in [4.78, 5) is 12.2. The van der Waals surface area contributed by atoms with Crippen LogP contribution >= 0.6 is 0 Å². The van der Waals surface area contributed by atoms with Crippen molar-refractivity contribution < 1.29 is 23.4 Å². The molecular formula is C18H20FNO4. The van der Waals surface area contributed by atoms with Crippen LogP contribution in [0.1, 0.15) is 12.0 Å². The van der Waals surface area contributed by atoms with Crippen LogP contribution in [0.2, 0.25) is 0 Å². The predicted octanol–water partition coefficient (Wildman–Crippen LogP) is 3.42. The molecule has 2 aromatic rings. The molecule has 128 valence electrons. The number of ether oxygens (including phenoxy) is 3. The van der Waals surface area contributed by atoms with E-state index in [-0.39, 0.29) is 18.1 Å². The standard InChI is InChI=1S/C18H20FNO4/c1-22-14-10-15(23-2)18(16(11-14)24-3)20-17(21)8-7-12-5-4-6-13(19)9-12/h4-6,9-11H,7-8H2,1-3H3,(H,20,21). The van der Waals surface area contributed by atoms with E-state index in [0.29, 0.717) is 29.4 Å². The molecule has 0 aliphatic heterocycles. The highest BCUT2D eigenvalue weighted by molar-refractivity contribution is 5.94. The van der Waals surface area contributed by atoms with Crippen LogP contribution in [0.25, 0.3) is 0 Å². The molecule has 0 atom stereocenters. The largest absolute Gasteiger partial charge is 0.496 e. The zero-order chi connectivity index (χ0) is 17.5. The normalized spacial score (nSPS) is 10.2. The second-order valence-electron chi connectivity index (χ2n) is 5.09. The highest BCUT2D eigenvalue weighted by Gasteiger charge is 2.16. The number of methoxy groups -OCH3 is 3. The van der Waals surface area contributed by atoms with Gasteiger partial charge in [-0.3, -0.25) is 4.79 Å². The van der Waals surface area contributed by atoms with Crippen molar-refractivity contribution in [2.45, 2.75) is 12.8 Å². The summed E-state index contributed by atoms with van der Waals surface area (Å²) < 4.78 is 28.9. The van der Waals surface area contributed by atoms with Crippen molar-refractivity contribution in [3.05, 3.63) is 47.8 Å². The van der Waals surface area contributed by atoms with Gasteiger partial charge in [0.05, 0.1) is 21.3 Å². The van der Waals surface area contributed by atoms with Crippen molar-refractivity contribution in [1.29, 1.82) is 0 Å². The van der Waals surface area contributed by atoms with Crippen LogP contribution in [0.4, 0.5) is 10.1 Å². The van der Waals surface area contributed by atoms with E-state index in [4.69, 9.17) is 14.2 Å². The quantitative estimate of drug-likeness (QED) is 0.843. The number of hydrogen-bond donors (Lipinski definition) is 1. The first-order valence-electron chi connectivity index (χ1n) is 7.41. The van der Waals surface area contributed by atoms with Crippen molar-refractivity contribution in [1.82, 2.24) is 0 Å². The molecule has 0 aromatic heterocycles. The van der Waals surface area contributed by atoms with E-state index < -0.39 is 0 Å². The molecule has 0 bridgehead atoms. The number of aryl methyl sites for hydroxylation is 1. The van der Waals surface area contributed by atoms with E-state index in [0.717, 1.165) is 5.56 Å². The fourth-order valence-corrected chi connectivity index (χ4v) is 2.28. The lowest BCUT2D eigenvalue weighted by molar-refractivity contribution is -0.116. The smallest absolute Gasteiger partial charge is 0.224 e. The Hall–Kier alpha value is -2.76. The summed E-state index contributed by atoms with van der Waals surface area (Å²) in [5.41, 5.74) is 1.20. The van der Waals surface area contributed by atoms with Crippen LogP contribution in [0.15, 0.2) is 36.4 Å². The number of halogens is 1. The van der Waals surface area contributed by atoms with Crippen molar-refractivity contribution >= 4 is 11.6 Å². The van der Waals surface area contributed by atoms with Crippen LogP contribution in [0, 0.1) is 5.82 Å². The molecule has 0 unspecified atom stereocenters. The van der Waals surface area contributed by atoms with Crippen LogP contribution in [0.5, 0.6) is 17.2 Å². The number of amides is 1. The zero-order valence-electron chi connectivity index (χ0n) is 13.9. The van der Waals surface area contributed by atoms with Gasteiger partial charge in [-0.2, -0.15) is 0 Å². The average Bonchev–Trinajstić information content (AvgIpc) is 2.60. The van der Waals surface area contributed by atoms with Gasteiger partial charge in [0.25, 0.3) is 0 Å². The molecule has 24 heavy (non-hydrogen) atoms. The minimum absolute atomic E-state index is 0.210. The van der Waals surface area contributed by atoms with Gasteiger partial charge in [0.2, 0.25) is 5.91 Å². The number of benzene rings is 2.